The molecule has 2 fully saturated rings. The highest BCUT2D eigenvalue weighted by Crippen LogP contribution is 2.50. The maximum Gasteiger partial charge on any atom is 0.415 e. The second-order valence-corrected chi connectivity index (χ2v) is 9.79. The molecule has 1 amide bonds. The lowest BCUT2D eigenvalue weighted by molar-refractivity contribution is -0.0542. The Morgan fingerprint density at radius 2 is 2.14 bits per heavy atom. The number of amides is 1. The van der Waals surface area contributed by atoms with E-state index in [1.54, 1.807) is 36.4 Å². The van der Waals surface area contributed by atoms with Gasteiger partial charge in [-0.25, -0.2) is 14.2 Å². The van der Waals surface area contributed by atoms with Gasteiger partial charge in [-0.1, -0.05) is 18.7 Å². The lowest BCUT2D eigenvalue weighted by Crippen LogP contribution is -2.51. The number of carbonyl (C=O) groups is 1. The molecule has 3 aromatic rings. The molecule has 1 saturated carbocycles. The third kappa shape index (κ3) is 3.98. The largest absolute Gasteiger partial charge is 0.492 e. The number of nitriles is 1. The minimum atomic E-state index is -1.61. The monoisotopic (exact) mass is 488 g/mol. The first-order chi connectivity index (χ1) is 17.3. The highest BCUT2D eigenvalue weighted by atomic mass is 19.1. The molecule has 1 aromatic heterocycles. The van der Waals surface area contributed by atoms with Gasteiger partial charge in [0.25, 0.3) is 0 Å². The van der Waals surface area contributed by atoms with Crippen LogP contribution in [0.4, 0.5) is 14.9 Å². The van der Waals surface area contributed by atoms with E-state index in [4.69, 9.17) is 9.47 Å². The molecule has 7 nitrogen and oxygen atoms in total. The number of nitrogens with zero attached hydrogens (tertiary/aromatic N) is 4. The van der Waals surface area contributed by atoms with E-state index in [1.165, 1.54) is 0 Å². The molecule has 0 N–H and O–H groups in total. The lowest BCUT2D eigenvalue weighted by Gasteiger charge is -2.45. The quantitative estimate of drug-likeness (QED) is 0.411. The van der Waals surface area contributed by atoms with E-state index < -0.39 is 23.3 Å². The van der Waals surface area contributed by atoms with Crippen LogP contribution in [0.25, 0.3) is 11.0 Å². The summed E-state index contributed by atoms with van der Waals surface area (Å²) in [5, 5.41) is 9.33. The molecule has 1 aliphatic heterocycles. The van der Waals surface area contributed by atoms with Crippen molar-refractivity contribution in [2.75, 3.05) is 18.1 Å². The van der Waals surface area contributed by atoms with E-state index in [2.05, 4.69) is 17.6 Å². The van der Waals surface area contributed by atoms with Crippen molar-refractivity contribution in [1.82, 2.24) is 9.55 Å². The number of benzene rings is 2. The van der Waals surface area contributed by atoms with Gasteiger partial charge in [0.05, 0.1) is 47.8 Å². The van der Waals surface area contributed by atoms with Crippen molar-refractivity contribution in [2.45, 2.75) is 50.9 Å². The minimum Gasteiger partial charge on any atom is -0.492 e. The van der Waals surface area contributed by atoms with Crippen LogP contribution in [0.3, 0.4) is 0 Å². The standard InChI is InChI=1S/C28H29FN4O3/c1-4-35-25-8-6-5-7-23(25)33-17-27(36-26(33)34)11-12-28(29,19(2)3)21(14-27)16-32-18-31-22-10-9-20(15-30)13-24(22)32/h5-10,13,18,21H,2,4,11-12,14,16-17H2,1,3H3/t21-,27-,28?/m0/s1. The zero-order valence-electron chi connectivity index (χ0n) is 20.5. The second kappa shape index (κ2) is 8.98. The molecule has 1 aliphatic carbocycles. The first-order valence-corrected chi connectivity index (χ1v) is 12.2. The molecule has 1 spiro atoms. The summed E-state index contributed by atoms with van der Waals surface area (Å²) < 4.78 is 30.1. The fourth-order valence-electron chi connectivity index (χ4n) is 5.61. The molecular weight excluding hydrogens is 459 g/mol. The van der Waals surface area contributed by atoms with Gasteiger partial charge in [-0.05, 0) is 69.0 Å². The van der Waals surface area contributed by atoms with Gasteiger partial charge in [-0.3, -0.25) is 4.90 Å². The number of rotatable bonds is 6. The minimum absolute atomic E-state index is 0.206. The van der Waals surface area contributed by atoms with Crippen molar-refractivity contribution in [3.63, 3.8) is 0 Å². The van der Waals surface area contributed by atoms with Crippen molar-refractivity contribution >= 4 is 22.8 Å². The average Bonchev–Trinajstić information content (AvgIpc) is 3.42. The van der Waals surface area contributed by atoms with Gasteiger partial charge in [0, 0.05) is 12.5 Å². The Bertz CT molecular complexity index is 1380. The summed E-state index contributed by atoms with van der Waals surface area (Å²) in [5.74, 6) is 0.114. The molecule has 2 aromatic carbocycles. The predicted octanol–water partition coefficient (Wildman–Crippen LogP) is 5.79. The summed E-state index contributed by atoms with van der Waals surface area (Å²) in [6.45, 7) is 8.70. The first-order valence-electron chi connectivity index (χ1n) is 12.2. The van der Waals surface area contributed by atoms with Crippen molar-refractivity contribution in [3.05, 3.63) is 66.5 Å². The Kier molecular flexibility index (Phi) is 5.95. The van der Waals surface area contributed by atoms with E-state index in [0.717, 1.165) is 11.0 Å². The predicted molar refractivity (Wildman–Crippen MR) is 135 cm³/mol. The number of ether oxygens (including phenoxy) is 2. The molecule has 5 rings (SSSR count). The fraction of sp³-hybridized carbons (Fsp3) is 0.393. The average molecular weight is 489 g/mol. The van der Waals surface area contributed by atoms with Crippen LogP contribution in [-0.4, -0.2) is 40.1 Å². The summed E-state index contributed by atoms with van der Waals surface area (Å²) in [6, 6.07) is 14.8. The maximum absolute atomic E-state index is 16.5. The Balaban J connectivity index is 1.46. The fourth-order valence-corrected chi connectivity index (χ4v) is 5.61. The van der Waals surface area contributed by atoms with E-state index in [9.17, 15) is 10.1 Å². The number of halogens is 1. The topological polar surface area (TPSA) is 80.4 Å². The molecule has 3 atom stereocenters. The van der Waals surface area contributed by atoms with Gasteiger partial charge in [-0.15, -0.1) is 0 Å². The number of carbonyl (C=O) groups excluding carboxylic acids is 1. The van der Waals surface area contributed by atoms with Crippen LogP contribution in [0, 0.1) is 17.2 Å². The summed E-state index contributed by atoms with van der Waals surface area (Å²) >= 11 is 0. The van der Waals surface area contributed by atoms with Gasteiger partial charge in [-0.2, -0.15) is 5.26 Å². The van der Waals surface area contributed by atoms with Crippen LogP contribution in [-0.2, 0) is 11.3 Å². The molecular formula is C28H29FN4O3. The Labute approximate surface area is 209 Å². The SMILES string of the molecule is C=C(C)C1(F)CC[C@]2(C[C@H]1Cn1cnc3ccc(C#N)cc31)CN(c1ccccc1OCC)C(=O)O2. The molecule has 36 heavy (non-hydrogen) atoms. The third-order valence-corrected chi connectivity index (χ3v) is 7.51. The number of hydrogen-bond donors (Lipinski definition) is 0. The zero-order valence-corrected chi connectivity index (χ0v) is 20.5. The third-order valence-electron chi connectivity index (χ3n) is 7.51. The highest BCUT2D eigenvalue weighted by Gasteiger charge is 2.56. The van der Waals surface area contributed by atoms with Crippen LogP contribution >= 0.6 is 0 Å². The van der Waals surface area contributed by atoms with E-state index >= 15 is 4.39 Å². The number of imidazole rings is 1. The van der Waals surface area contributed by atoms with Crippen molar-refractivity contribution in [1.29, 1.82) is 5.26 Å². The van der Waals surface area contributed by atoms with Gasteiger partial charge in [0.2, 0.25) is 0 Å². The molecule has 186 valence electrons. The number of hydrogen-bond acceptors (Lipinski definition) is 5. The van der Waals surface area contributed by atoms with E-state index in [-0.39, 0.29) is 6.42 Å². The van der Waals surface area contributed by atoms with Crippen LogP contribution in [0.15, 0.2) is 60.9 Å². The summed E-state index contributed by atoms with van der Waals surface area (Å²) in [7, 11) is 0. The molecule has 1 unspecified atom stereocenters. The molecule has 8 heteroatoms. The number of para-hydroxylation sites is 2. The zero-order chi connectivity index (χ0) is 25.5. The Morgan fingerprint density at radius 1 is 1.33 bits per heavy atom. The van der Waals surface area contributed by atoms with Gasteiger partial charge >= 0.3 is 6.09 Å². The van der Waals surface area contributed by atoms with Crippen LogP contribution in [0.5, 0.6) is 5.75 Å². The smallest absolute Gasteiger partial charge is 0.415 e. The lowest BCUT2D eigenvalue weighted by atomic mass is 9.67. The van der Waals surface area contributed by atoms with Crippen molar-refractivity contribution < 1.29 is 18.7 Å². The first kappa shape index (κ1) is 23.9. The number of aromatic nitrogens is 2. The maximum atomic E-state index is 16.5. The van der Waals surface area contributed by atoms with Crippen LogP contribution in [0.1, 0.15) is 38.7 Å². The summed E-state index contributed by atoms with van der Waals surface area (Å²) in [4.78, 5) is 19.1. The van der Waals surface area contributed by atoms with Crippen LogP contribution < -0.4 is 9.64 Å². The summed E-state index contributed by atoms with van der Waals surface area (Å²) in [6.07, 6.45) is 2.17. The van der Waals surface area contributed by atoms with Gasteiger partial charge < -0.3 is 14.0 Å². The van der Waals surface area contributed by atoms with Gasteiger partial charge in [0.1, 0.15) is 17.0 Å². The number of allylic oxidation sites excluding steroid dienone is 1. The molecule has 1 saturated heterocycles. The number of alkyl halides is 1. The normalized spacial score (nSPS) is 25.7. The Hall–Kier alpha value is -3.86. The number of fused-ring (bicyclic) bond motifs is 1. The van der Waals surface area contributed by atoms with Crippen molar-refractivity contribution in [3.8, 4) is 11.8 Å². The molecule has 0 bridgehead atoms. The number of anilines is 1. The second-order valence-electron chi connectivity index (χ2n) is 9.79. The molecule has 2 aliphatic rings. The van der Waals surface area contributed by atoms with E-state index in [1.807, 2.05) is 35.8 Å². The highest BCUT2D eigenvalue weighted by molar-refractivity contribution is 5.92. The molecule has 2 heterocycles. The van der Waals surface area contributed by atoms with Crippen molar-refractivity contribution in [2.24, 2.45) is 5.92 Å². The summed E-state index contributed by atoms with van der Waals surface area (Å²) in [5.41, 5.74) is 0.715. The van der Waals surface area contributed by atoms with Gasteiger partial charge in [0.15, 0.2) is 0 Å². The molecule has 0 radical (unpaired) electrons. The Morgan fingerprint density at radius 3 is 2.89 bits per heavy atom. The van der Waals surface area contributed by atoms with E-state index in [0.29, 0.717) is 55.1 Å². The van der Waals surface area contributed by atoms with Crippen LogP contribution in [0.2, 0.25) is 0 Å².